The van der Waals surface area contributed by atoms with Crippen LogP contribution in [0.5, 0.6) is 0 Å². The molecule has 9 nitrogen and oxygen atoms in total. The molecule has 0 aliphatic heterocycles. The Balaban J connectivity index is 1.60. The van der Waals surface area contributed by atoms with Crippen molar-refractivity contribution >= 4 is 39.9 Å². The minimum absolute atomic E-state index is 0.0737. The smallest absolute Gasteiger partial charge is 0.323 e. The van der Waals surface area contributed by atoms with E-state index < -0.39 is 5.97 Å². The Hall–Kier alpha value is -4.40. The number of fused-ring (bicyclic) bond motifs is 1. The second-order valence-corrected chi connectivity index (χ2v) is 8.89. The van der Waals surface area contributed by atoms with E-state index in [-0.39, 0.29) is 18.2 Å². The van der Waals surface area contributed by atoms with Gasteiger partial charge in [-0.25, -0.2) is 4.68 Å². The van der Waals surface area contributed by atoms with Crippen molar-refractivity contribution < 1.29 is 19.5 Å². The van der Waals surface area contributed by atoms with Crippen LogP contribution in [-0.4, -0.2) is 51.2 Å². The van der Waals surface area contributed by atoms with Gasteiger partial charge < -0.3 is 19.9 Å². The van der Waals surface area contributed by atoms with E-state index in [4.69, 9.17) is 0 Å². The number of amides is 1. The lowest BCUT2D eigenvalue weighted by molar-refractivity contribution is -0.137. The van der Waals surface area contributed by atoms with Crippen LogP contribution < -0.4 is 10.2 Å². The Morgan fingerprint density at radius 1 is 1.06 bits per heavy atom. The summed E-state index contributed by atoms with van der Waals surface area (Å²) in [4.78, 5) is 38.8. The largest absolute Gasteiger partial charge is 0.480 e. The summed E-state index contributed by atoms with van der Waals surface area (Å²) in [5.74, 6) is -1.25. The number of carbonyl (C=O) groups is 3. The van der Waals surface area contributed by atoms with Crippen LogP contribution in [0.3, 0.4) is 0 Å². The maximum absolute atomic E-state index is 13.2. The van der Waals surface area contributed by atoms with Crippen LogP contribution in [0.25, 0.3) is 16.6 Å². The number of carboxylic acid groups (broad SMARTS) is 1. The molecule has 2 heterocycles. The Labute approximate surface area is 208 Å². The van der Waals surface area contributed by atoms with Crippen LogP contribution in [0.15, 0.2) is 54.9 Å². The van der Waals surface area contributed by atoms with E-state index in [2.05, 4.69) is 10.4 Å². The molecule has 2 aromatic carbocycles. The fraction of sp³-hybridized carbons (Fsp3) is 0.259. The number of Topliss-reactive ketones (excluding diaryl/α,β-unsaturated/α-hetero) is 1. The SMILES string of the molecule is CCCC(=O)c1cnn(-c2ccc(NC(=O)c3cn(CC(=O)O)c4ccc(N(C)C)cc34)cc2)c1C. The van der Waals surface area contributed by atoms with Crippen molar-refractivity contribution in [1.82, 2.24) is 14.3 Å². The number of ketones is 1. The van der Waals surface area contributed by atoms with E-state index >= 15 is 0 Å². The van der Waals surface area contributed by atoms with E-state index in [0.29, 0.717) is 34.1 Å². The van der Waals surface area contributed by atoms with Gasteiger partial charge >= 0.3 is 5.97 Å². The predicted molar refractivity (Wildman–Crippen MR) is 139 cm³/mol. The summed E-state index contributed by atoms with van der Waals surface area (Å²) >= 11 is 0. The number of aromatic nitrogens is 3. The van der Waals surface area contributed by atoms with Gasteiger partial charge in [0.2, 0.25) is 0 Å². The molecule has 0 bridgehead atoms. The Morgan fingerprint density at radius 2 is 1.78 bits per heavy atom. The summed E-state index contributed by atoms with van der Waals surface area (Å²) in [5, 5.41) is 17.2. The minimum atomic E-state index is -0.986. The molecule has 4 rings (SSSR count). The fourth-order valence-electron chi connectivity index (χ4n) is 4.21. The normalized spacial score (nSPS) is 11.0. The second kappa shape index (κ2) is 10.1. The van der Waals surface area contributed by atoms with Crippen LogP contribution in [0, 0.1) is 6.92 Å². The van der Waals surface area contributed by atoms with Gasteiger partial charge in [0.15, 0.2) is 5.78 Å². The maximum atomic E-state index is 13.2. The maximum Gasteiger partial charge on any atom is 0.323 e. The van der Waals surface area contributed by atoms with Gasteiger partial charge in [0, 0.05) is 49.0 Å². The van der Waals surface area contributed by atoms with E-state index in [1.807, 2.05) is 63.2 Å². The quantitative estimate of drug-likeness (QED) is 0.336. The average Bonchev–Trinajstić information content (AvgIpc) is 3.39. The first kappa shape index (κ1) is 24.7. The summed E-state index contributed by atoms with van der Waals surface area (Å²) in [6.07, 6.45) is 4.43. The lowest BCUT2D eigenvalue weighted by Crippen LogP contribution is -2.12. The molecule has 186 valence electrons. The first-order chi connectivity index (χ1) is 17.2. The zero-order valence-corrected chi connectivity index (χ0v) is 20.8. The molecule has 0 fully saturated rings. The molecule has 0 spiro atoms. The Bertz CT molecular complexity index is 1450. The number of nitrogens with zero attached hydrogens (tertiary/aromatic N) is 4. The number of anilines is 2. The molecule has 0 saturated carbocycles. The summed E-state index contributed by atoms with van der Waals surface area (Å²) in [5.41, 5.74) is 4.71. The average molecular weight is 488 g/mol. The van der Waals surface area contributed by atoms with Gasteiger partial charge in [-0.15, -0.1) is 0 Å². The highest BCUT2D eigenvalue weighted by molar-refractivity contribution is 6.13. The Kier molecular flexibility index (Phi) is 6.91. The number of benzene rings is 2. The molecule has 4 aromatic rings. The van der Waals surface area contributed by atoms with Crippen LogP contribution in [0.1, 0.15) is 46.2 Å². The van der Waals surface area contributed by atoms with Gasteiger partial charge in [0.05, 0.1) is 28.7 Å². The van der Waals surface area contributed by atoms with Crippen molar-refractivity contribution in [3.05, 3.63) is 71.7 Å². The lowest BCUT2D eigenvalue weighted by atomic mass is 10.1. The first-order valence-electron chi connectivity index (χ1n) is 11.7. The van der Waals surface area contributed by atoms with Crippen molar-refractivity contribution in [3.8, 4) is 5.69 Å². The molecule has 2 N–H and O–H groups in total. The van der Waals surface area contributed by atoms with Gasteiger partial charge in [-0.1, -0.05) is 6.92 Å². The molecular formula is C27H29N5O4. The molecule has 2 aromatic heterocycles. The van der Waals surface area contributed by atoms with E-state index in [1.165, 1.54) is 0 Å². The highest BCUT2D eigenvalue weighted by Crippen LogP contribution is 2.27. The van der Waals surface area contributed by atoms with Crippen molar-refractivity contribution in [2.45, 2.75) is 33.2 Å². The highest BCUT2D eigenvalue weighted by atomic mass is 16.4. The molecule has 0 aliphatic rings. The number of rotatable bonds is 9. The van der Waals surface area contributed by atoms with Crippen molar-refractivity contribution in [1.29, 1.82) is 0 Å². The topological polar surface area (TPSA) is 109 Å². The molecule has 9 heteroatoms. The number of hydrogen-bond acceptors (Lipinski definition) is 5. The lowest BCUT2D eigenvalue weighted by Gasteiger charge is -2.13. The van der Waals surface area contributed by atoms with E-state index in [1.54, 1.807) is 33.8 Å². The van der Waals surface area contributed by atoms with Crippen molar-refractivity contribution in [2.24, 2.45) is 0 Å². The number of aliphatic carboxylic acids is 1. The molecule has 0 unspecified atom stereocenters. The van der Waals surface area contributed by atoms with E-state index in [0.717, 1.165) is 23.5 Å². The third-order valence-corrected chi connectivity index (χ3v) is 6.09. The number of carbonyl (C=O) groups excluding carboxylic acids is 2. The molecule has 36 heavy (non-hydrogen) atoms. The van der Waals surface area contributed by atoms with Crippen LogP contribution in [-0.2, 0) is 11.3 Å². The molecule has 1 amide bonds. The number of hydrogen-bond donors (Lipinski definition) is 2. The molecule has 0 atom stereocenters. The zero-order chi connectivity index (χ0) is 26.0. The summed E-state index contributed by atoms with van der Waals surface area (Å²) < 4.78 is 3.27. The molecular weight excluding hydrogens is 458 g/mol. The highest BCUT2D eigenvalue weighted by Gasteiger charge is 2.18. The van der Waals surface area contributed by atoms with Crippen molar-refractivity contribution in [2.75, 3.05) is 24.3 Å². The van der Waals surface area contributed by atoms with Crippen LogP contribution in [0.4, 0.5) is 11.4 Å². The monoisotopic (exact) mass is 487 g/mol. The Morgan fingerprint density at radius 3 is 2.42 bits per heavy atom. The molecule has 0 saturated heterocycles. The van der Waals surface area contributed by atoms with Gasteiger partial charge in [0.1, 0.15) is 6.54 Å². The minimum Gasteiger partial charge on any atom is -0.480 e. The predicted octanol–water partition coefficient (Wildman–Crippen LogP) is 4.52. The molecule has 0 aliphatic carbocycles. The van der Waals surface area contributed by atoms with Crippen LogP contribution in [0.2, 0.25) is 0 Å². The van der Waals surface area contributed by atoms with Gasteiger partial charge in [-0.05, 0) is 55.8 Å². The summed E-state index contributed by atoms with van der Waals surface area (Å²) in [6.45, 7) is 3.59. The third kappa shape index (κ3) is 4.86. The number of nitrogens with one attached hydrogen (secondary N) is 1. The molecule has 0 radical (unpaired) electrons. The first-order valence-corrected chi connectivity index (χ1v) is 11.7. The number of carboxylic acids is 1. The third-order valence-electron chi connectivity index (χ3n) is 6.09. The zero-order valence-electron chi connectivity index (χ0n) is 20.8. The summed E-state index contributed by atoms with van der Waals surface area (Å²) in [6, 6.07) is 12.8. The van der Waals surface area contributed by atoms with Gasteiger partial charge in [-0.2, -0.15) is 5.10 Å². The van der Waals surface area contributed by atoms with Crippen molar-refractivity contribution in [3.63, 3.8) is 0 Å². The standard InChI is InChI=1S/C27H29N5O4/c1-5-6-25(33)22-14-28-32(17(22)2)19-9-7-18(8-10-19)29-27(36)23-15-31(16-26(34)35)24-12-11-20(30(3)4)13-21(23)24/h7-15H,5-6,16H2,1-4H3,(H,29,36)(H,34,35). The van der Waals surface area contributed by atoms with Gasteiger partial charge in [-0.3, -0.25) is 14.4 Å². The van der Waals surface area contributed by atoms with Gasteiger partial charge in [0.25, 0.3) is 5.91 Å². The fourth-order valence-corrected chi connectivity index (χ4v) is 4.21. The van der Waals surface area contributed by atoms with E-state index in [9.17, 15) is 19.5 Å². The second-order valence-electron chi connectivity index (χ2n) is 8.89. The van der Waals surface area contributed by atoms with Crippen LogP contribution >= 0.6 is 0 Å². The summed E-state index contributed by atoms with van der Waals surface area (Å²) in [7, 11) is 3.81.